The van der Waals surface area contributed by atoms with Crippen LogP contribution >= 0.6 is 11.8 Å². The third kappa shape index (κ3) is 0.991. The molecule has 51 valence electrons. The number of hydrogen-bond acceptors (Lipinski definition) is 1. The highest BCUT2D eigenvalue weighted by Crippen LogP contribution is 2.25. The first-order valence-electron chi connectivity index (χ1n) is 3.30. The molecule has 0 saturated carbocycles. The standard InChI is InChI=1S/C8H8NS/c1-2-4-8-7(3-1)5-10-6-9-8/h1-4H,5-6H2. The van der Waals surface area contributed by atoms with E-state index in [2.05, 4.69) is 23.5 Å². The Morgan fingerprint density at radius 2 is 2.20 bits per heavy atom. The minimum Gasteiger partial charge on any atom is -0.274 e. The molecule has 0 amide bonds. The average Bonchev–Trinajstić information content (AvgIpc) is 2.05. The SMILES string of the molecule is c1ccc2c(c1)CSC[N]2. The Bertz CT molecular complexity index is 209. The predicted molar refractivity (Wildman–Crippen MR) is 44.4 cm³/mol. The van der Waals surface area contributed by atoms with E-state index < -0.39 is 0 Å². The van der Waals surface area contributed by atoms with Gasteiger partial charge in [0.05, 0.1) is 11.6 Å². The molecule has 1 nitrogen and oxygen atoms in total. The molecule has 2 heteroatoms. The third-order valence-electron chi connectivity index (χ3n) is 1.58. The smallest absolute Gasteiger partial charge is 0.0854 e. The molecule has 10 heavy (non-hydrogen) atoms. The van der Waals surface area contributed by atoms with Gasteiger partial charge in [-0.1, -0.05) is 18.2 Å². The van der Waals surface area contributed by atoms with Gasteiger partial charge in [-0.3, -0.25) is 5.32 Å². The lowest BCUT2D eigenvalue weighted by Gasteiger charge is -2.13. The van der Waals surface area contributed by atoms with Gasteiger partial charge in [0.2, 0.25) is 0 Å². The normalized spacial score (nSPS) is 15.6. The van der Waals surface area contributed by atoms with Crippen molar-refractivity contribution in [3.63, 3.8) is 0 Å². The second kappa shape index (κ2) is 2.54. The Kier molecular flexibility index (Phi) is 1.55. The molecule has 0 spiro atoms. The molecule has 0 saturated heterocycles. The molecular weight excluding hydrogens is 142 g/mol. The summed E-state index contributed by atoms with van der Waals surface area (Å²) in [5.41, 5.74) is 2.56. The molecule has 1 aliphatic heterocycles. The highest BCUT2D eigenvalue weighted by atomic mass is 32.2. The van der Waals surface area contributed by atoms with Crippen LogP contribution in [-0.4, -0.2) is 5.88 Å². The number of hydrogen-bond donors (Lipinski definition) is 0. The van der Waals surface area contributed by atoms with E-state index in [1.807, 2.05) is 17.8 Å². The average molecular weight is 150 g/mol. The van der Waals surface area contributed by atoms with E-state index in [1.165, 1.54) is 11.3 Å². The lowest BCUT2D eigenvalue weighted by atomic mass is 10.2. The van der Waals surface area contributed by atoms with Crippen molar-refractivity contribution in [1.82, 2.24) is 5.32 Å². The van der Waals surface area contributed by atoms with Gasteiger partial charge in [0, 0.05) is 5.75 Å². The Morgan fingerprint density at radius 1 is 1.30 bits per heavy atom. The zero-order chi connectivity index (χ0) is 6.81. The van der Waals surface area contributed by atoms with Gasteiger partial charge in [-0.15, -0.1) is 11.8 Å². The summed E-state index contributed by atoms with van der Waals surface area (Å²) in [6, 6.07) is 8.33. The van der Waals surface area contributed by atoms with Crippen LogP contribution in [0.1, 0.15) is 5.56 Å². The molecular formula is C8H8NS. The van der Waals surface area contributed by atoms with Crippen LogP contribution in [0, 0.1) is 0 Å². The molecule has 1 heterocycles. The highest BCUT2D eigenvalue weighted by molar-refractivity contribution is 7.98. The first kappa shape index (κ1) is 6.10. The Balaban J connectivity index is 2.41. The van der Waals surface area contributed by atoms with E-state index in [0.717, 1.165) is 11.6 Å². The minimum absolute atomic E-state index is 0.928. The number of benzene rings is 1. The van der Waals surface area contributed by atoms with Gasteiger partial charge < -0.3 is 0 Å². The highest BCUT2D eigenvalue weighted by Gasteiger charge is 2.06. The van der Waals surface area contributed by atoms with Crippen LogP contribution in [0.15, 0.2) is 24.3 Å². The zero-order valence-corrected chi connectivity index (χ0v) is 6.40. The van der Waals surface area contributed by atoms with Crippen LogP contribution in [0.5, 0.6) is 0 Å². The molecule has 0 aromatic heterocycles. The summed E-state index contributed by atoms with van der Waals surface area (Å²) in [4.78, 5) is 0. The molecule has 0 fully saturated rings. The summed E-state index contributed by atoms with van der Waals surface area (Å²) in [7, 11) is 0. The predicted octanol–water partition coefficient (Wildman–Crippen LogP) is 2.13. The fourth-order valence-electron chi connectivity index (χ4n) is 1.06. The molecule has 0 unspecified atom stereocenters. The number of para-hydroxylation sites is 1. The second-order valence-electron chi connectivity index (χ2n) is 2.26. The summed E-state index contributed by atoms with van der Waals surface area (Å²) in [5.74, 6) is 2.05. The van der Waals surface area contributed by atoms with E-state index >= 15 is 0 Å². The number of thioether (sulfide) groups is 1. The van der Waals surface area contributed by atoms with Crippen LogP contribution in [0.3, 0.4) is 0 Å². The lowest BCUT2D eigenvalue weighted by molar-refractivity contribution is 1.01. The van der Waals surface area contributed by atoms with Crippen molar-refractivity contribution in [1.29, 1.82) is 0 Å². The van der Waals surface area contributed by atoms with Gasteiger partial charge in [0.15, 0.2) is 0 Å². The molecule has 0 aliphatic carbocycles. The quantitative estimate of drug-likeness (QED) is 0.552. The van der Waals surface area contributed by atoms with Gasteiger partial charge in [0.1, 0.15) is 0 Å². The largest absolute Gasteiger partial charge is 0.274 e. The van der Waals surface area contributed by atoms with Gasteiger partial charge >= 0.3 is 0 Å². The monoisotopic (exact) mass is 150 g/mol. The molecule has 2 rings (SSSR count). The van der Waals surface area contributed by atoms with Gasteiger partial charge in [0.25, 0.3) is 0 Å². The van der Waals surface area contributed by atoms with E-state index in [-0.39, 0.29) is 0 Å². The first-order chi connectivity index (χ1) is 4.97. The van der Waals surface area contributed by atoms with E-state index in [1.54, 1.807) is 0 Å². The fraction of sp³-hybridized carbons (Fsp3) is 0.250. The number of nitrogens with zero attached hydrogens (tertiary/aromatic N) is 1. The molecule has 0 bridgehead atoms. The lowest BCUT2D eigenvalue weighted by Crippen LogP contribution is -2.04. The van der Waals surface area contributed by atoms with Crippen LogP contribution in [0.25, 0.3) is 0 Å². The summed E-state index contributed by atoms with van der Waals surface area (Å²) >= 11 is 1.87. The Hall–Kier alpha value is -0.630. The first-order valence-corrected chi connectivity index (χ1v) is 4.45. The van der Waals surface area contributed by atoms with E-state index in [0.29, 0.717) is 0 Å². The Labute approximate surface area is 64.8 Å². The van der Waals surface area contributed by atoms with Crippen molar-refractivity contribution in [3.8, 4) is 0 Å². The van der Waals surface area contributed by atoms with Crippen LogP contribution in [-0.2, 0) is 5.75 Å². The second-order valence-corrected chi connectivity index (χ2v) is 3.22. The van der Waals surface area contributed by atoms with Crippen LogP contribution in [0.2, 0.25) is 0 Å². The summed E-state index contributed by atoms with van der Waals surface area (Å²) in [5, 5.41) is 4.36. The molecule has 1 aliphatic rings. The Morgan fingerprint density at radius 3 is 3.10 bits per heavy atom. The number of rotatable bonds is 0. The maximum absolute atomic E-state index is 4.36. The molecule has 1 radical (unpaired) electrons. The van der Waals surface area contributed by atoms with Crippen molar-refractivity contribution < 1.29 is 0 Å². The maximum atomic E-state index is 4.36. The summed E-state index contributed by atoms with van der Waals surface area (Å²) in [6.07, 6.45) is 0. The minimum atomic E-state index is 0.928. The summed E-state index contributed by atoms with van der Waals surface area (Å²) < 4.78 is 0. The fourth-order valence-corrected chi connectivity index (χ4v) is 1.84. The number of fused-ring (bicyclic) bond motifs is 1. The van der Waals surface area contributed by atoms with Gasteiger partial charge in [-0.2, -0.15) is 0 Å². The zero-order valence-electron chi connectivity index (χ0n) is 5.58. The summed E-state index contributed by atoms with van der Waals surface area (Å²) in [6.45, 7) is 0. The van der Waals surface area contributed by atoms with Crippen molar-refractivity contribution in [3.05, 3.63) is 29.8 Å². The van der Waals surface area contributed by atoms with Gasteiger partial charge in [-0.05, 0) is 11.6 Å². The topological polar surface area (TPSA) is 14.1 Å². The van der Waals surface area contributed by atoms with Crippen molar-refractivity contribution in [2.75, 3.05) is 5.88 Å². The van der Waals surface area contributed by atoms with E-state index in [9.17, 15) is 0 Å². The van der Waals surface area contributed by atoms with Crippen molar-refractivity contribution >= 4 is 17.4 Å². The van der Waals surface area contributed by atoms with Gasteiger partial charge in [-0.25, -0.2) is 0 Å². The third-order valence-corrected chi connectivity index (χ3v) is 2.40. The molecule has 1 aromatic carbocycles. The van der Waals surface area contributed by atoms with Crippen molar-refractivity contribution in [2.24, 2.45) is 0 Å². The molecule has 0 N–H and O–H groups in total. The van der Waals surface area contributed by atoms with Crippen molar-refractivity contribution in [2.45, 2.75) is 5.75 Å². The van der Waals surface area contributed by atoms with Crippen LogP contribution < -0.4 is 5.32 Å². The molecule has 0 atom stereocenters. The van der Waals surface area contributed by atoms with E-state index in [4.69, 9.17) is 0 Å². The maximum Gasteiger partial charge on any atom is 0.0854 e. The van der Waals surface area contributed by atoms with Crippen LogP contribution in [0.4, 0.5) is 5.69 Å². The molecule has 1 aromatic rings.